The second kappa shape index (κ2) is 11.5. The Kier molecular flexibility index (Phi) is 8.45. The summed E-state index contributed by atoms with van der Waals surface area (Å²) < 4.78 is 33.2. The van der Waals surface area contributed by atoms with Gasteiger partial charge >= 0.3 is 0 Å². The molecular weight excluding hydrogens is 474 g/mol. The lowest BCUT2D eigenvalue weighted by atomic mass is 10.2. The quantitative estimate of drug-likeness (QED) is 0.253. The first-order chi connectivity index (χ1) is 16.3. The van der Waals surface area contributed by atoms with E-state index in [0.29, 0.717) is 17.9 Å². The summed E-state index contributed by atoms with van der Waals surface area (Å²) in [6.07, 6.45) is 3.07. The zero-order chi connectivity index (χ0) is 24.6. The number of amides is 1. The Bertz CT molecular complexity index is 1290. The van der Waals surface area contributed by atoms with Crippen molar-refractivity contribution in [2.24, 2.45) is 5.10 Å². The summed E-state index contributed by atoms with van der Waals surface area (Å²) in [6, 6.07) is 19.9. The van der Waals surface area contributed by atoms with Gasteiger partial charge in [0.15, 0.2) is 0 Å². The fourth-order valence-corrected chi connectivity index (χ4v) is 4.70. The second-order valence-electron chi connectivity index (χ2n) is 7.24. The topological polar surface area (TPSA) is 88.1 Å². The van der Waals surface area contributed by atoms with Crippen LogP contribution in [-0.4, -0.2) is 33.7 Å². The first-order valence-electron chi connectivity index (χ1n) is 10.3. The maximum Gasteiger partial charge on any atom is 0.264 e. The third-order valence-electron chi connectivity index (χ3n) is 4.65. The minimum Gasteiger partial charge on any atom is -0.490 e. The minimum absolute atomic E-state index is 0.0469. The maximum absolute atomic E-state index is 13.4. The number of anilines is 1. The number of hydrogen-bond donors (Lipinski definition) is 1. The summed E-state index contributed by atoms with van der Waals surface area (Å²) in [5.41, 5.74) is 4.16. The summed E-state index contributed by atoms with van der Waals surface area (Å²) in [4.78, 5) is 12.7. The highest BCUT2D eigenvalue weighted by atomic mass is 35.5. The molecule has 176 valence electrons. The third-order valence-corrected chi connectivity index (χ3v) is 6.74. The molecule has 0 spiro atoms. The molecule has 3 aromatic carbocycles. The first kappa shape index (κ1) is 25.0. The number of hydrazone groups is 1. The average Bonchev–Trinajstić information content (AvgIpc) is 2.82. The van der Waals surface area contributed by atoms with Crippen molar-refractivity contribution in [3.8, 4) is 5.75 Å². The van der Waals surface area contributed by atoms with Gasteiger partial charge in [0.2, 0.25) is 0 Å². The summed E-state index contributed by atoms with van der Waals surface area (Å²) in [6.45, 7) is 5.31. The number of nitrogens with one attached hydrogen (secondary N) is 1. The number of aryl methyl sites for hydroxylation is 1. The lowest BCUT2D eigenvalue weighted by Crippen LogP contribution is -2.39. The lowest BCUT2D eigenvalue weighted by Gasteiger charge is -2.24. The molecule has 1 amide bonds. The van der Waals surface area contributed by atoms with Crippen LogP contribution in [0.4, 0.5) is 5.69 Å². The third kappa shape index (κ3) is 6.46. The number of hydrogen-bond acceptors (Lipinski definition) is 5. The Hall–Kier alpha value is -3.62. The Morgan fingerprint density at radius 2 is 1.85 bits per heavy atom. The molecule has 0 aromatic heterocycles. The van der Waals surface area contributed by atoms with E-state index in [-0.39, 0.29) is 15.6 Å². The van der Waals surface area contributed by atoms with Crippen molar-refractivity contribution >= 4 is 39.4 Å². The molecule has 0 unspecified atom stereocenters. The van der Waals surface area contributed by atoms with Gasteiger partial charge < -0.3 is 4.74 Å². The Morgan fingerprint density at radius 3 is 2.56 bits per heavy atom. The highest BCUT2D eigenvalue weighted by Gasteiger charge is 2.28. The van der Waals surface area contributed by atoms with Crippen LogP contribution in [0, 0.1) is 6.92 Å². The van der Waals surface area contributed by atoms with Crippen LogP contribution in [0.2, 0.25) is 5.02 Å². The number of rotatable bonds is 10. The van der Waals surface area contributed by atoms with E-state index in [1.165, 1.54) is 18.3 Å². The number of carbonyl (C=O) groups is 1. The molecule has 3 rings (SSSR count). The Balaban J connectivity index is 1.80. The van der Waals surface area contributed by atoms with E-state index in [9.17, 15) is 13.2 Å². The molecule has 0 saturated carbocycles. The van der Waals surface area contributed by atoms with Gasteiger partial charge in [-0.15, -0.1) is 0 Å². The average molecular weight is 498 g/mol. The van der Waals surface area contributed by atoms with E-state index in [1.807, 2.05) is 6.92 Å². The van der Waals surface area contributed by atoms with Crippen LogP contribution in [0.5, 0.6) is 5.75 Å². The monoisotopic (exact) mass is 497 g/mol. The molecule has 0 atom stereocenters. The zero-order valence-electron chi connectivity index (χ0n) is 18.5. The van der Waals surface area contributed by atoms with Crippen molar-refractivity contribution in [2.75, 3.05) is 17.5 Å². The highest BCUT2D eigenvalue weighted by Crippen LogP contribution is 2.30. The smallest absolute Gasteiger partial charge is 0.264 e. The van der Waals surface area contributed by atoms with E-state index in [1.54, 1.807) is 66.7 Å². The summed E-state index contributed by atoms with van der Waals surface area (Å²) in [5.74, 6) is -0.00446. The van der Waals surface area contributed by atoms with Gasteiger partial charge in [0.1, 0.15) is 18.9 Å². The molecule has 0 aliphatic rings. The molecule has 9 heteroatoms. The fraction of sp³-hybridized carbons (Fsp3) is 0.120. The van der Waals surface area contributed by atoms with Gasteiger partial charge in [-0.25, -0.2) is 13.8 Å². The van der Waals surface area contributed by atoms with Crippen LogP contribution in [0.15, 0.2) is 95.4 Å². The molecule has 0 saturated heterocycles. The first-order valence-corrected chi connectivity index (χ1v) is 12.1. The van der Waals surface area contributed by atoms with Gasteiger partial charge in [-0.2, -0.15) is 5.10 Å². The van der Waals surface area contributed by atoms with Crippen LogP contribution < -0.4 is 14.5 Å². The van der Waals surface area contributed by atoms with Gasteiger partial charge in [-0.1, -0.05) is 66.2 Å². The van der Waals surface area contributed by atoms with Gasteiger partial charge in [0.25, 0.3) is 15.9 Å². The second-order valence-corrected chi connectivity index (χ2v) is 9.51. The van der Waals surface area contributed by atoms with Crippen LogP contribution in [0.1, 0.15) is 11.1 Å². The molecule has 0 bridgehead atoms. The van der Waals surface area contributed by atoms with Crippen molar-refractivity contribution < 1.29 is 17.9 Å². The molecule has 1 N–H and O–H groups in total. The SMILES string of the molecule is C=CCOc1cccc(/C=N\NC(=O)CN(c2ccccc2Cl)S(=O)(=O)c2ccc(C)cc2)c1. The molecule has 0 aliphatic carbocycles. The predicted octanol–water partition coefficient (Wildman–Crippen LogP) is 4.56. The van der Waals surface area contributed by atoms with Crippen molar-refractivity contribution in [2.45, 2.75) is 11.8 Å². The van der Waals surface area contributed by atoms with Gasteiger partial charge in [0.05, 0.1) is 21.8 Å². The molecule has 34 heavy (non-hydrogen) atoms. The van der Waals surface area contributed by atoms with Gasteiger partial charge in [-0.3, -0.25) is 9.10 Å². The van der Waals surface area contributed by atoms with E-state index >= 15 is 0 Å². The molecule has 3 aromatic rings. The number of benzene rings is 3. The van der Waals surface area contributed by atoms with Crippen LogP contribution >= 0.6 is 11.6 Å². The van der Waals surface area contributed by atoms with Gasteiger partial charge in [0, 0.05) is 0 Å². The van der Waals surface area contributed by atoms with Crippen LogP contribution in [-0.2, 0) is 14.8 Å². The standard InChI is InChI=1S/C25H24ClN3O4S/c1-3-15-33-21-8-6-7-20(16-21)17-27-28-25(30)18-29(24-10-5-4-9-23(24)26)34(31,32)22-13-11-19(2)12-14-22/h3-14,16-17H,1,15,18H2,2H3,(H,28,30)/b27-17-. The summed E-state index contributed by atoms with van der Waals surface area (Å²) in [5, 5.41) is 4.14. The van der Waals surface area contributed by atoms with Crippen molar-refractivity contribution in [3.63, 3.8) is 0 Å². The van der Waals surface area contributed by atoms with Crippen LogP contribution in [0.25, 0.3) is 0 Å². The Labute approximate surface area is 204 Å². The minimum atomic E-state index is -4.07. The summed E-state index contributed by atoms with van der Waals surface area (Å²) in [7, 11) is -4.07. The van der Waals surface area contributed by atoms with E-state index < -0.39 is 22.5 Å². The number of halogens is 1. The molecule has 0 fully saturated rings. The lowest BCUT2D eigenvalue weighted by molar-refractivity contribution is -0.119. The Morgan fingerprint density at radius 1 is 1.12 bits per heavy atom. The van der Waals surface area contributed by atoms with Crippen molar-refractivity contribution in [3.05, 3.63) is 102 Å². The normalized spacial score (nSPS) is 11.2. The number of ether oxygens (including phenoxy) is 1. The van der Waals surface area contributed by atoms with E-state index in [2.05, 4.69) is 17.1 Å². The zero-order valence-corrected chi connectivity index (χ0v) is 20.1. The van der Waals surface area contributed by atoms with Crippen LogP contribution in [0.3, 0.4) is 0 Å². The highest BCUT2D eigenvalue weighted by molar-refractivity contribution is 7.92. The van der Waals surface area contributed by atoms with Crippen molar-refractivity contribution in [1.29, 1.82) is 0 Å². The fourth-order valence-electron chi connectivity index (χ4n) is 2.98. The molecule has 0 heterocycles. The number of sulfonamides is 1. The molecular formula is C25H24ClN3O4S. The molecule has 0 aliphatic heterocycles. The number of para-hydroxylation sites is 1. The van der Waals surface area contributed by atoms with Gasteiger partial charge in [-0.05, 0) is 48.9 Å². The van der Waals surface area contributed by atoms with E-state index in [4.69, 9.17) is 16.3 Å². The molecule has 0 radical (unpaired) electrons. The number of nitrogens with zero attached hydrogens (tertiary/aromatic N) is 2. The largest absolute Gasteiger partial charge is 0.490 e. The number of carbonyl (C=O) groups excluding carboxylic acids is 1. The molecule has 7 nitrogen and oxygen atoms in total. The maximum atomic E-state index is 13.4. The summed E-state index contributed by atoms with van der Waals surface area (Å²) >= 11 is 6.27. The van der Waals surface area contributed by atoms with Crippen molar-refractivity contribution in [1.82, 2.24) is 5.43 Å². The predicted molar refractivity (Wildman–Crippen MR) is 135 cm³/mol. The van der Waals surface area contributed by atoms with E-state index in [0.717, 1.165) is 9.87 Å².